The number of amides is 1. The zero-order valence-corrected chi connectivity index (χ0v) is 19.0. The van der Waals surface area contributed by atoms with E-state index in [-0.39, 0.29) is 11.8 Å². The number of ether oxygens (including phenoxy) is 1. The van der Waals surface area contributed by atoms with Gasteiger partial charge in [-0.3, -0.25) is 4.79 Å². The molecule has 0 saturated carbocycles. The van der Waals surface area contributed by atoms with Crippen molar-refractivity contribution >= 4 is 11.7 Å². The lowest BCUT2D eigenvalue weighted by atomic mass is 9.96. The number of carbonyl (C=O) groups is 1. The van der Waals surface area contributed by atoms with Gasteiger partial charge in [0, 0.05) is 37.0 Å². The van der Waals surface area contributed by atoms with Crippen LogP contribution in [0.5, 0.6) is 5.75 Å². The summed E-state index contributed by atoms with van der Waals surface area (Å²) < 4.78 is 6.12. The van der Waals surface area contributed by atoms with E-state index in [1.807, 2.05) is 56.0 Å². The number of hydrogen-bond donors (Lipinski definition) is 1. The van der Waals surface area contributed by atoms with Crippen LogP contribution in [-0.4, -0.2) is 44.4 Å². The molecular formula is C25H29N5O2. The van der Waals surface area contributed by atoms with E-state index in [2.05, 4.69) is 21.9 Å². The molecular weight excluding hydrogens is 402 g/mol. The first-order valence-corrected chi connectivity index (χ1v) is 10.8. The van der Waals surface area contributed by atoms with Crippen molar-refractivity contribution in [2.45, 2.75) is 45.6 Å². The van der Waals surface area contributed by atoms with Gasteiger partial charge in [-0.25, -0.2) is 15.0 Å². The number of anilines is 1. The third kappa shape index (κ3) is 4.42. The van der Waals surface area contributed by atoms with Crippen molar-refractivity contribution in [1.29, 1.82) is 0 Å². The van der Waals surface area contributed by atoms with Crippen LogP contribution in [0.15, 0.2) is 49.1 Å². The van der Waals surface area contributed by atoms with Crippen molar-refractivity contribution in [3.8, 4) is 16.9 Å². The first kappa shape index (κ1) is 21.7. The predicted molar refractivity (Wildman–Crippen MR) is 124 cm³/mol. The molecule has 1 aliphatic heterocycles. The van der Waals surface area contributed by atoms with Crippen LogP contribution in [0.2, 0.25) is 0 Å². The normalized spacial score (nSPS) is 16.2. The Morgan fingerprint density at radius 2 is 1.97 bits per heavy atom. The van der Waals surface area contributed by atoms with Gasteiger partial charge in [-0.05, 0) is 75.1 Å². The highest BCUT2D eigenvalue weighted by Crippen LogP contribution is 2.34. The number of aromatic nitrogens is 3. The molecule has 0 unspecified atom stereocenters. The lowest BCUT2D eigenvalue weighted by Crippen LogP contribution is -2.48. The Balaban J connectivity index is 1.51. The zero-order chi connectivity index (χ0) is 22.9. The topological polar surface area (TPSA) is 94.2 Å². The number of rotatable bonds is 5. The molecule has 1 aliphatic rings. The van der Waals surface area contributed by atoms with E-state index in [1.165, 1.54) is 5.56 Å². The summed E-state index contributed by atoms with van der Waals surface area (Å²) in [5.74, 6) is 1.24. The van der Waals surface area contributed by atoms with Gasteiger partial charge in [0.1, 0.15) is 17.9 Å². The second kappa shape index (κ2) is 8.57. The van der Waals surface area contributed by atoms with Gasteiger partial charge in [-0.2, -0.15) is 0 Å². The molecule has 32 heavy (non-hydrogen) atoms. The average Bonchev–Trinajstić information content (AvgIpc) is 3.25. The minimum Gasteiger partial charge on any atom is -0.478 e. The van der Waals surface area contributed by atoms with Gasteiger partial charge in [0.05, 0.1) is 5.69 Å². The number of pyridine rings is 1. The van der Waals surface area contributed by atoms with Crippen molar-refractivity contribution in [2.75, 3.05) is 18.8 Å². The maximum absolute atomic E-state index is 13.3. The molecule has 1 atom stereocenters. The lowest BCUT2D eigenvalue weighted by Gasteiger charge is -2.30. The molecule has 3 aromatic rings. The monoisotopic (exact) mass is 431 g/mol. The average molecular weight is 432 g/mol. The molecule has 1 aromatic carbocycles. The second-order valence-electron chi connectivity index (χ2n) is 8.89. The minimum atomic E-state index is -0.968. The summed E-state index contributed by atoms with van der Waals surface area (Å²) in [5.41, 5.74) is 10.0. The smallest absolute Gasteiger partial charge is 0.266 e. The number of likely N-dealkylation sites (tertiary alicyclic amines) is 1. The quantitative estimate of drug-likeness (QED) is 0.658. The van der Waals surface area contributed by atoms with Crippen LogP contribution in [0, 0.1) is 13.8 Å². The number of hydrogen-bond acceptors (Lipinski definition) is 6. The van der Waals surface area contributed by atoms with Crippen LogP contribution in [0.4, 0.5) is 5.82 Å². The van der Waals surface area contributed by atoms with Gasteiger partial charge in [0.25, 0.3) is 5.91 Å². The molecule has 0 radical (unpaired) electrons. The van der Waals surface area contributed by atoms with Crippen molar-refractivity contribution in [2.24, 2.45) is 0 Å². The van der Waals surface area contributed by atoms with Gasteiger partial charge in [0.15, 0.2) is 5.60 Å². The molecule has 2 N–H and O–H groups in total. The van der Waals surface area contributed by atoms with Crippen molar-refractivity contribution in [3.05, 3.63) is 65.9 Å². The van der Waals surface area contributed by atoms with Crippen molar-refractivity contribution in [1.82, 2.24) is 19.9 Å². The Morgan fingerprint density at radius 3 is 2.72 bits per heavy atom. The third-order valence-electron chi connectivity index (χ3n) is 6.06. The fourth-order valence-electron chi connectivity index (χ4n) is 4.17. The van der Waals surface area contributed by atoms with E-state index in [1.54, 1.807) is 18.7 Å². The second-order valence-corrected chi connectivity index (χ2v) is 8.89. The molecule has 1 fully saturated rings. The van der Waals surface area contributed by atoms with Gasteiger partial charge in [0.2, 0.25) is 0 Å². The highest BCUT2D eigenvalue weighted by molar-refractivity contribution is 5.85. The summed E-state index contributed by atoms with van der Waals surface area (Å²) in [7, 11) is 0. The molecule has 7 nitrogen and oxygen atoms in total. The van der Waals surface area contributed by atoms with Crippen LogP contribution in [0.25, 0.3) is 11.1 Å². The summed E-state index contributed by atoms with van der Waals surface area (Å²) >= 11 is 0. The standard InChI is InChI=1S/C25H29N5O2/c1-16-5-6-20(11-17(16)2)32-25(3,4)24(31)30-10-8-19(14-30)23-21(13-27-15-29-23)18-7-9-28-22(26)12-18/h5-7,9,11-13,15,19H,8,10,14H2,1-4H3,(H2,26,28)/t19-/m1/s1. The minimum absolute atomic E-state index is 0.0259. The maximum Gasteiger partial charge on any atom is 0.266 e. The van der Waals surface area contributed by atoms with Crippen LogP contribution >= 0.6 is 0 Å². The van der Waals surface area contributed by atoms with Gasteiger partial charge in [-0.15, -0.1) is 0 Å². The number of carbonyl (C=O) groups excluding carboxylic acids is 1. The molecule has 4 rings (SSSR count). The van der Waals surface area contributed by atoms with Crippen LogP contribution in [0.3, 0.4) is 0 Å². The summed E-state index contributed by atoms with van der Waals surface area (Å²) in [6, 6.07) is 9.62. The number of nitrogens with two attached hydrogens (primary N) is 1. The first-order chi connectivity index (χ1) is 15.2. The lowest BCUT2D eigenvalue weighted by molar-refractivity contribution is -0.144. The molecule has 0 bridgehead atoms. The number of nitrogen functional groups attached to an aromatic ring is 1. The predicted octanol–water partition coefficient (Wildman–Crippen LogP) is 3.91. The Kier molecular flexibility index (Phi) is 5.82. The van der Waals surface area contributed by atoms with Crippen LogP contribution in [-0.2, 0) is 4.79 Å². The molecule has 0 spiro atoms. The molecule has 1 saturated heterocycles. The summed E-state index contributed by atoms with van der Waals surface area (Å²) in [6.07, 6.45) is 5.86. The summed E-state index contributed by atoms with van der Waals surface area (Å²) in [4.78, 5) is 28.1. The molecule has 3 heterocycles. The molecule has 2 aromatic heterocycles. The maximum atomic E-state index is 13.3. The van der Waals surface area contributed by atoms with E-state index < -0.39 is 5.60 Å². The fraction of sp³-hybridized carbons (Fsp3) is 0.360. The molecule has 166 valence electrons. The van der Waals surface area contributed by atoms with Crippen molar-refractivity contribution < 1.29 is 9.53 Å². The third-order valence-corrected chi connectivity index (χ3v) is 6.06. The van der Waals surface area contributed by atoms with E-state index in [0.717, 1.165) is 28.8 Å². The van der Waals surface area contributed by atoms with E-state index >= 15 is 0 Å². The Bertz CT molecular complexity index is 1140. The molecule has 1 amide bonds. The van der Waals surface area contributed by atoms with E-state index in [0.29, 0.717) is 24.7 Å². The largest absolute Gasteiger partial charge is 0.478 e. The Labute approximate surface area is 188 Å². The SMILES string of the molecule is Cc1ccc(OC(C)(C)C(=O)N2CC[C@@H](c3ncncc3-c3ccnc(N)c3)C2)cc1C. The van der Waals surface area contributed by atoms with Gasteiger partial charge >= 0.3 is 0 Å². The summed E-state index contributed by atoms with van der Waals surface area (Å²) in [5, 5.41) is 0. The van der Waals surface area contributed by atoms with Crippen LogP contribution < -0.4 is 10.5 Å². The number of nitrogens with zero attached hydrogens (tertiary/aromatic N) is 4. The zero-order valence-electron chi connectivity index (χ0n) is 19.0. The fourth-order valence-corrected chi connectivity index (χ4v) is 4.17. The highest BCUT2D eigenvalue weighted by atomic mass is 16.5. The number of benzene rings is 1. The van der Waals surface area contributed by atoms with Crippen LogP contribution in [0.1, 0.15) is 43.0 Å². The first-order valence-electron chi connectivity index (χ1n) is 10.8. The van der Waals surface area contributed by atoms with Gasteiger partial charge < -0.3 is 15.4 Å². The van der Waals surface area contributed by atoms with Crippen molar-refractivity contribution in [3.63, 3.8) is 0 Å². The van der Waals surface area contributed by atoms with E-state index in [9.17, 15) is 4.79 Å². The molecule has 0 aliphatic carbocycles. The molecule has 7 heteroatoms. The number of aryl methyl sites for hydroxylation is 2. The van der Waals surface area contributed by atoms with Gasteiger partial charge in [-0.1, -0.05) is 6.07 Å². The summed E-state index contributed by atoms with van der Waals surface area (Å²) in [6.45, 7) is 9.00. The Morgan fingerprint density at radius 1 is 1.16 bits per heavy atom. The highest BCUT2D eigenvalue weighted by Gasteiger charge is 2.39. The Hall–Kier alpha value is -3.48. The van der Waals surface area contributed by atoms with E-state index in [4.69, 9.17) is 10.5 Å².